The highest BCUT2D eigenvalue weighted by molar-refractivity contribution is 7.66. The van der Waals surface area contributed by atoms with Gasteiger partial charge in [-0.15, -0.1) is 0 Å². The zero-order valence-electron chi connectivity index (χ0n) is 44.4. The van der Waals surface area contributed by atoms with Crippen LogP contribution in [-0.2, 0) is 48.2 Å². The summed E-state index contributed by atoms with van der Waals surface area (Å²) in [6, 6.07) is 19.4. The number of unbranched alkanes of at least 4 members (excludes halogenated alkanes) is 3. The topological polar surface area (TPSA) is 321 Å². The average molecular weight is 1140 g/mol. The maximum Gasteiger partial charge on any atom is 0.490 e. The van der Waals surface area contributed by atoms with Crippen molar-refractivity contribution in [3.05, 3.63) is 111 Å². The number of phosphoric acid groups is 3. The number of carbonyl (C=O) groups is 2. The molecule has 0 radical (unpaired) electrons. The number of hydrogen-bond acceptors (Lipinski definition) is 16. The lowest BCUT2D eigenvalue weighted by atomic mass is 9.68. The van der Waals surface area contributed by atoms with Crippen molar-refractivity contribution in [2.45, 2.75) is 102 Å². The number of carbonyl (C=O) groups excluding carboxylic acids is 2. The van der Waals surface area contributed by atoms with Crippen molar-refractivity contribution < 1.29 is 71.0 Å². The molecule has 0 spiro atoms. The Balaban J connectivity index is 0.798. The van der Waals surface area contributed by atoms with Crippen molar-refractivity contribution >= 4 is 63.5 Å². The summed E-state index contributed by atoms with van der Waals surface area (Å²) >= 11 is 0. The van der Waals surface area contributed by atoms with Crippen LogP contribution in [0.1, 0.15) is 110 Å². The molecule has 2 aliphatic heterocycles. The van der Waals surface area contributed by atoms with Crippen molar-refractivity contribution in [3.63, 3.8) is 0 Å². The molecule has 2 aromatic heterocycles. The molecule has 8 rings (SSSR count). The lowest BCUT2D eigenvalue weighted by Crippen LogP contribution is -2.43. The molecule has 0 saturated carbocycles. The molecule has 4 heterocycles. The highest BCUT2D eigenvalue weighted by atomic mass is 31.3. The highest BCUT2D eigenvalue weighted by Crippen LogP contribution is 2.66. The second-order valence-electron chi connectivity index (χ2n) is 20.4. The van der Waals surface area contributed by atoms with E-state index in [1.807, 2.05) is 18.2 Å². The summed E-state index contributed by atoms with van der Waals surface area (Å²) in [6.07, 6.45) is 2.40. The minimum absolute atomic E-state index is 0.0792. The second kappa shape index (κ2) is 24.2. The molecular formula is C51H69N9O15P3+. The number of benzene rings is 3. The minimum Gasteiger partial charge on any atom is -0.387 e. The Morgan fingerprint density at radius 2 is 1.62 bits per heavy atom. The number of imidazole rings is 1. The fourth-order valence-corrected chi connectivity index (χ4v) is 13.4. The third-order valence-corrected chi connectivity index (χ3v) is 18.2. The van der Waals surface area contributed by atoms with Gasteiger partial charge < -0.3 is 55.0 Å². The van der Waals surface area contributed by atoms with Crippen molar-refractivity contribution in [1.29, 1.82) is 0 Å². The molecule has 0 bridgehead atoms. The van der Waals surface area contributed by atoms with E-state index in [4.69, 9.17) is 14.5 Å². The van der Waals surface area contributed by atoms with Crippen LogP contribution in [0.5, 0.6) is 0 Å². The van der Waals surface area contributed by atoms with Crippen LogP contribution in [0.4, 0.5) is 11.5 Å². The maximum absolute atomic E-state index is 14.4. The molecule has 1 saturated heterocycles. The summed E-state index contributed by atoms with van der Waals surface area (Å²) < 4.78 is 56.1. The predicted molar refractivity (Wildman–Crippen MR) is 289 cm³/mol. The Hall–Kier alpha value is -5.29. The van der Waals surface area contributed by atoms with Crippen molar-refractivity contribution in [2.24, 2.45) is 0 Å². The van der Waals surface area contributed by atoms with Crippen molar-refractivity contribution in [1.82, 2.24) is 34.3 Å². The smallest absolute Gasteiger partial charge is 0.387 e. The van der Waals surface area contributed by atoms with E-state index in [1.165, 1.54) is 44.5 Å². The van der Waals surface area contributed by atoms with Crippen LogP contribution in [-0.4, -0.2) is 145 Å². The number of ether oxygens (including phenoxy) is 1. The van der Waals surface area contributed by atoms with E-state index in [-0.39, 0.29) is 29.3 Å². The Labute approximate surface area is 451 Å². The van der Waals surface area contributed by atoms with Gasteiger partial charge in [0.2, 0.25) is 11.3 Å². The summed E-state index contributed by atoms with van der Waals surface area (Å²) in [5, 5.41) is 30.1. The maximum atomic E-state index is 14.4. The van der Waals surface area contributed by atoms with E-state index in [0.29, 0.717) is 43.0 Å². The third-order valence-electron chi connectivity index (χ3n) is 14.4. The van der Waals surface area contributed by atoms with Gasteiger partial charge >= 0.3 is 23.5 Å². The normalized spacial score (nSPS) is 20.3. The van der Waals surface area contributed by atoms with Crippen LogP contribution in [0, 0.1) is 0 Å². The number of aromatic nitrogens is 4. The number of aryl methyl sites for hydroxylation is 1. The molecule has 6 atom stereocenters. The lowest BCUT2D eigenvalue weighted by Gasteiger charge is -2.36. The van der Waals surface area contributed by atoms with Gasteiger partial charge in [0.1, 0.15) is 37.7 Å². The van der Waals surface area contributed by atoms with Crippen LogP contribution < -0.4 is 30.7 Å². The number of phosphoric ester groups is 1. The molecule has 422 valence electrons. The Kier molecular flexibility index (Phi) is 18.3. The monoisotopic (exact) mass is 1140 g/mol. The minimum atomic E-state index is -5.77. The molecular weight excluding hydrogens is 1070 g/mol. The van der Waals surface area contributed by atoms with E-state index in [0.717, 1.165) is 74.0 Å². The molecule has 8 N–H and O–H groups in total. The standard InChI is InChI=1S/C51H68N9O15P3/c1-7-59-25-14-16-32-26-37-39(28-40(32)59)51(2,3)38-27-33(57(4)5)20-21-36(38)43(37)34-17-10-11-18-35(34)49(64)58(6)24-15-19-42(61)52-22-12-8-9-13-23-53-47-44-48(55-30-54-47)60(31-56-44)50-46(63)45(62)41(73-50)29-72-77(68,69)75-78(70,71)74-76(65,66)67/h10-11,17-18,20-21,26-28,30-31,41,45-46,50,62-63H,7-9,12-16,19,22-25,29H2,1-6H3,(H5-,52,53,54,55,61,65,66,67,68,69,70,71)/p+1/t41-,45-,46-,50-/m1/s1. The zero-order chi connectivity index (χ0) is 56.3. The number of aliphatic hydroxyl groups excluding tert-OH is 2. The summed E-state index contributed by atoms with van der Waals surface area (Å²) in [5.41, 5.74) is 8.84. The average Bonchev–Trinajstić information content (AvgIpc) is 3.76. The van der Waals surface area contributed by atoms with Crippen LogP contribution >= 0.6 is 23.5 Å². The van der Waals surface area contributed by atoms with Crippen LogP contribution in [0.15, 0.2) is 67.3 Å². The molecule has 2 unspecified atom stereocenters. The molecule has 1 fully saturated rings. The van der Waals surface area contributed by atoms with Crippen LogP contribution in [0.25, 0.3) is 16.7 Å². The van der Waals surface area contributed by atoms with E-state index < -0.39 is 54.6 Å². The highest BCUT2D eigenvalue weighted by Gasteiger charge is 2.47. The molecule has 3 aromatic carbocycles. The van der Waals surface area contributed by atoms with E-state index in [9.17, 15) is 43.3 Å². The first-order valence-corrected chi connectivity index (χ1v) is 30.4. The summed E-state index contributed by atoms with van der Waals surface area (Å²) in [4.78, 5) is 80.7. The molecule has 1 aliphatic carbocycles. The van der Waals surface area contributed by atoms with E-state index in [2.05, 4.69) is 119 Å². The fraction of sp³-hybridized carbons (Fsp3) is 0.490. The number of amides is 2. The first-order valence-electron chi connectivity index (χ1n) is 25.8. The largest absolute Gasteiger partial charge is 0.490 e. The van der Waals surface area contributed by atoms with Gasteiger partial charge in [-0.25, -0.2) is 33.2 Å². The summed E-state index contributed by atoms with van der Waals surface area (Å²) in [5.74, 6) is 0.198. The first-order chi connectivity index (χ1) is 36.9. The van der Waals surface area contributed by atoms with Crippen LogP contribution in [0.2, 0.25) is 0 Å². The van der Waals surface area contributed by atoms with Gasteiger partial charge in [0.05, 0.1) is 12.9 Å². The number of anilines is 2. The number of rotatable bonds is 24. The van der Waals surface area contributed by atoms with Gasteiger partial charge in [0, 0.05) is 81.9 Å². The molecule has 24 nitrogen and oxygen atoms in total. The molecule has 27 heteroatoms. The first kappa shape index (κ1) is 58.8. The quantitative estimate of drug-likeness (QED) is 0.0247. The van der Waals surface area contributed by atoms with Gasteiger partial charge in [0.25, 0.3) is 5.91 Å². The van der Waals surface area contributed by atoms with Crippen LogP contribution in [0.3, 0.4) is 0 Å². The number of nitrogens with zero attached hydrogens (tertiary/aromatic N) is 7. The predicted octanol–water partition coefficient (Wildman–Crippen LogP) is 3.84. The zero-order valence-corrected chi connectivity index (χ0v) is 47.1. The van der Waals surface area contributed by atoms with Gasteiger partial charge in [-0.05, 0) is 89.9 Å². The number of hydrogen-bond donors (Lipinski definition) is 8. The van der Waals surface area contributed by atoms with E-state index in [1.54, 1.807) is 11.9 Å². The summed E-state index contributed by atoms with van der Waals surface area (Å²) in [7, 11) is -11.0. The van der Waals surface area contributed by atoms with Crippen molar-refractivity contribution in [3.8, 4) is 0 Å². The second-order valence-corrected chi connectivity index (χ2v) is 24.8. The van der Waals surface area contributed by atoms with Crippen molar-refractivity contribution in [2.75, 3.05) is 70.7 Å². The Bertz CT molecular complexity index is 3330. The van der Waals surface area contributed by atoms with Gasteiger partial charge in [0.15, 0.2) is 23.2 Å². The lowest BCUT2D eigenvalue weighted by molar-refractivity contribution is -0.121. The SMILES string of the molecule is CC[N+]1=c2cc3c(cc2CCC1)=C(c1ccccc1C(=O)N(C)CCCC(=O)NCCCCCCNc1ncnc2c1ncn2[C@@H]1O[C@H](COP(=O)(O)OP(=O)(O)OP(=O)(O)O)[C@@H](O)[C@H]1O)c1ccc(N(C)C)cc1C3(C)C. The van der Waals surface area contributed by atoms with Gasteiger partial charge in [-0.1, -0.05) is 51.0 Å². The third kappa shape index (κ3) is 13.3. The Morgan fingerprint density at radius 3 is 2.35 bits per heavy atom. The molecule has 3 aliphatic rings. The number of nitrogens with one attached hydrogen (secondary N) is 2. The number of aliphatic hydroxyl groups is 2. The fourth-order valence-electron chi connectivity index (χ4n) is 10.4. The van der Waals surface area contributed by atoms with E-state index >= 15 is 0 Å². The molecule has 5 aromatic rings. The van der Waals surface area contributed by atoms with Gasteiger partial charge in [-0.2, -0.15) is 8.62 Å². The Morgan fingerprint density at radius 1 is 0.872 bits per heavy atom. The van der Waals surface area contributed by atoms with Gasteiger partial charge in [-0.3, -0.25) is 18.7 Å². The molecule has 2 amide bonds. The number of fused-ring (bicyclic) bond motifs is 4. The molecule has 78 heavy (non-hydrogen) atoms. The summed E-state index contributed by atoms with van der Waals surface area (Å²) in [6.45, 7) is 9.25.